The van der Waals surface area contributed by atoms with Crippen molar-refractivity contribution >= 4 is 22.6 Å². The molecule has 1 heterocycles. The van der Waals surface area contributed by atoms with Crippen LogP contribution in [0.25, 0.3) is 11.0 Å². The van der Waals surface area contributed by atoms with Gasteiger partial charge in [-0.25, -0.2) is 4.79 Å². The van der Waals surface area contributed by atoms with Crippen molar-refractivity contribution in [2.75, 3.05) is 26.0 Å². The molecular formula is C22H24N2O5. The van der Waals surface area contributed by atoms with Gasteiger partial charge >= 0.3 is 5.63 Å². The number of rotatable bonds is 7. The summed E-state index contributed by atoms with van der Waals surface area (Å²) in [7, 11) is 3.39. The zero-order valence-electron chi connectivity index (χ0n) is 16.7. The maximum atomic E-state index is 12.3. The summed E-state index contributed by atoms with van der Waals surface area (Å²) < 4.78 is 10.3. The van der Waals surface area contributed by atoms with E-state index in [0.29, 0.717) is 30.0 Å². The van der Waals surface area contributed by atoms with Crippen LogP contribution in [0, 0.1) is 0 Å². The fraction of sp³-hybridized carbons (Fsp3) is 0.273. The summed E-state index contributed by atoms with van der Waals surface area (Å²) >= 11 is 0. The molecule has 2 N–H and O–H groups in total. The third kappa shape index (κ3) is 4.94. The van der Waals surface area contributed by atoms with Gasteiger partial charge in [0.15, 0.2) is 0 Å². The zero-order chi connectivity index (χ0) is 21.0. The van der Waals surface area contributed by atoms with Gasteiger partial charge in [-0.15, -0.1) is 0 Å². The minimum atomic E-state index is -0.493. The standard InChI is InChI=1S/C22H24N2O5/c1-4-14-9-18-15(10-22(27)29-20(18)11-19(14)25)12-24(2)13-21(26)23-16-5-7-17(28-3)8-6-16/h5-11,25H,4,12-13H2,1-3H3,(H,23,26). The number of hydrogen-bond donors (Lipinski definition) is 2. The highest BCUT2D eigenvalue weighted by atomic mass is 16.5. The molecule has 3 rings (SSSR count). The lowest BCUT2D eigenvalue weighted by atomic mass is 10.0. The Bertz CT molecular complexity index is 1070. The first-order valence-corrected chi connectivity index (χ1v) is 9.30. The van der Waals surface area contributed by atoms with Gasteiger partial charge in [-0.05, 0) is 54.9 Å². The molecule has 0 radical (unpaired) electrons. The molecule has 3 aromatic rings. The van der Waals surface area contributed by atoms with Gasteiger partial charge < -0.3 is 19.6 Å². The van der Waals surface area contributed by atoms with Gasteiger partial charge in [-0.3, -0.25) is 9.69 Å². The quantitative estimate of drug-likeness (QED) is 0.596. The lowest BCUT2D eigenvalue weighted by Gasteiger charge is -2.17. The van der Waals surface area contributed by atoms with Crippen LogP contribution in [0.3, 0.4) is 0 Å². The number of benzene rings is 2. The number of phenols is 1. The van der Waals surface area contributed by atoms with E-state index in [-0.39, 0.29) is 18.2 Å². The number of carbonyl (C=O) groups excluding carboxylic acids is 1. The average Bonchev–Trinajstić information content (AvgIpc) is 2.67. The molecule has 1 amide bonds. The minimum absolute atomic E-state index is 0.104. The normalized spacial score (nSPS) is 11.0. The number of amides is 1. The highest BCUT2D eigenvalue weighted by molar-refractivity contribution is 5.92. The zero-order valence-corrected chi connectivity index (χ0v) is 16.7. The van der Waals surface area contributed by atoms with Crippen molar-refractivity contribution in [3.8, 4) is 11.5 Å². The number of methoxy groups -OCH3 is 1. The van der Waals surface area contributed by atoms with E-state index in [2.05, 4.69) is 5.32 Å². The average molecular weight is 396 g/mol. The molecule has 0 spiro atoms. The van der Waals surface area contributed by atoms with Crippen LogP contribution in [0.2, 0.25) is 0 Å². The smallest absolute Gasteiger partial charge is 0.336 e. The second-order valence-corrected chi connectivity index (χ2v) is 6.87. The summed E-state index contributed by atoms with van der Waals surface area (Å²) in [6, 6.07) is 11.8. The molecule has 0 aliphatic carbocycles. The highest BCUT2D eigenvalue weighted by Crippen LogP contribution is 2.27. The number of nitrogens with one attached hydrogen (secondary N) is 1. The number of carbonyl (C=O) groups is 1. The number of fused-ring (bicyclic) bond motifs is 1. The molecule has 152 valence electrons. The lowest BCUT2D eigenvalue weighted by molar-refractivity contribution is -0.117. The van der Waals surface area contributed by atoms with E-state index in [1.165, 1.54) is 12.1 Å². The Labute approximate surface area is 168 Å². The summed E-state index contributed by atoms with van der Waals surface area (Å²) in [5, 5.41) is 13.6. The van der Waals surface area contributed by atoms with Crippen molar-refractivity contribution in [3.05, 3.63) is 64.0 Å². The predicted octanol–water partition coefficient (Wildman–Crippen LogP) is 3.14. The summed E-state index contributed by atoms with van der Waals surface area (Å²) in [6.07, 6.45) is 0.653. The number of aromatic hydroxyl groups is 1. The van der Waals surface area contributed by atoms with Crippen molar-refractivity contribution in [2.24, 2.45) is 0 Å². The maximum absolute atomic E-state index is 12.3. The SMILES string of the molecule is CCc1cc2c(CN(C)CC(=O)Nc3ccc(OC)cc3)cc(=O)oc2cc1O. The Morgan fingerprint density at radius 1 is 1.17 bits per heavy atom. The Morgan fingerprint density at radius 3 is 2.55 bits per heavy atom. The van der Waals surface area contributed by atoms with Gasteiger partial charge in [0.2, 0.25) is 5.91 Å². The Kier molecular flexibility index (Phi) is 6.19. The fourth-order valence-corrected chi connectivity index (χ4v) is 3.19. The molecular weight excluding hydrogens is 372 g/mol. The second-order valence-electron chi connectivity index (χ2n) is 6.87. The Morgan fingerprint density at radius 2 is 1.90 bits per heavy atom. The molecule has 0 unspecified atom stereocenters. The minimum Gasteiger partial charge on any atom is -0.508 e. The molecule has 0 atom stereocenters. The number of likely N-dealkylation sites (N-methyl/N-ethyl adjacent to an activating group) is 1. The monoisotopic (exact) mass is 396 g/mol. The molecule has 0 saturated carbocycles. The first kappa shape index (κ1) is 20.4. The molecule has 7 heteroatoms. The third-order valence-corrected chi connectivity index (χ3v) is 4.64. The van der Waals surface area contributed by atoms with E-state index in [0.717, 1.165) is 16.5 Å². The van der Waals surface area contributed by atoms with Gasteiger partial charge in [-0.1, -0.05) is 6.92 Å². The van der Waals surface area contributed by atoms with Gasteiger partial charge in [-0.2, -0.15) is 0 Å². The van der Waals surface area contributed by atoms with E-state index in [1.807, 2.05) is 17.9 Å². The summed E-state index contributed by atoms with van der Waals surface area (Å²) in [6.45, 7) is 2.47. The molecule has 0 aliphatic rings. The molecule has 1 aromatic heterocycles. The van der Waals surface area contributed by atoms with Crippen molar-refractivity contribution in [2.45, 2.75) is 19.9 Å². The number of phenolic OH excluding ortho intramolecular Hbond substituents is 1. The van der Waals surface area contributed by atoms with Crippen molar-refractivity contribution < 1.29 is 19.1 Å². The lowest BCUT2D eigenvalue weighted by Crippen LogP contribution is -2.30. The molecule has 0 aliphatic heterocycles. The first-order valence-electron chi connectivity index (χ1n) is 9.30. The fourth-order valence-electron chi connectivity index (χ4n) is 3.19. The van der Waals surface area contributed by atoms with Crippen LogP contribution in [0.15, 0.2) is 51.7 Å². The summed E-state index contributed by atoms with van der Waals surface area (Å²) in [5.41, 5.74) is 2.03. The van der Waals surface area contributed by atoms with E-state index in [4.69, 9.17) is 9.15 Å². The first-order chi connectivity index (χ1) is 13.9. The van der Waals surface area contributed by atoms with Crippen LogP contribution in [0.1, 0.15) is 18.1 Å². The topological polar surface area (TPSA) is 92.0 Å². The van der Waals surface area contributed by atoms with E-state index in [9.17, 15) is 14.7 Å². The second kappa shape index (κ2) is 8.79. The number of nitrogens with zero attached hydrogens (tertiary/aromatic N) is 1. The van der Waals surface area contributed by atoms with Gasteiger partial charge in [0.25, 0.3) is 0 Å². The Hall–Kier alpha value is -3.32. The van der Waals surface area contributed by atoms with Crippen LogP contribution in [0.5, 0.6) is 11.5 Å². The van der Waals surface area contributed by atoms with Gasteiger partial charge in [0.05, 0.1) is 13.7 Å². The predicted molar refractivity (Wildman–Crippen MR) is 111 cm³/mol. The Balaban J connectivity index is 1.74. The number of anilines is 1. The molecule has 0 saturated heterocycles. The molecule has 0 bridgehead atoms. The molecule has 29 heavy (non-hydrogen) atoms. The molecule has 0 fully saturated rings. The number of hydrogen-bond acceptors (Lipinski definition) is 6. The van der Waals surface area contributed by atoms with E-state index >= 15 is 0 Å². The molecule has 2 aromatic carbocycles. The van der Waals surface area contributed by atoms with E-state index in [1.54, 1.807) is 38.4 Å². The van der Waals surface area contributed by atoms with Crippen molar-refractivity contribution in [3.63, 3.8) is 0 Å². The van der Waals surface area contributed by atoms with Crippen LogP contribution in [0.4, 0.5) is 5.69 Å². The van der Waals surface area contributed by atoms with Crippen LogP contribution >= 0.6 is 0 Å². The maximum Gasteiger partial charge on any atom is 0.336 e. The van der Waals surface area contributed by atoms with Crippen LogP contribution in [-0.4, -0.2) is 36.6 Å². The van der Waals surface area contributed by atoms with Gasteiger partial charge in [0.1, 0.15) is 17.1 Å². The molecule has 7 nitrogen and oxygen atoms in total. The third-order valence-electron chi connectivity index (χ3n) is 4.64. The highest BCUT2D eigenvalue weighted by Gasteiger charge is 2.13. The van der Waals surface area contributed by atoms with E-state index < -0.39 is 5.63 Å². The number of aryl methyl sites for hydroxylation is 1. The summed E-state index contributed by atoms with van der Waals surface area (Å²) in [4.78, 5) is 26.1. The van der Waals surface area contributed by atoms with Crippen LogP contribution < -0.4 is 15.7 Å². The van der Waals surface area contributed by atoms with Crippen LogP contribution in [-0.2, 0) is 17.8 Å². The van der Waals surface area contributed by atoms with Crippen molar-refractivity contribution in [1.29, 1.82) is 0 Å². The van der Waals surface area contributed by atoms with Crippen molar-refractivity contribution in [1.82, 2.24) is 4.90 Å². The summed E-state index contributed by atoms with van der Waals surface area (Å²) in [5.74, 6) is 0.650. The number of ether oxygens (including phenoxy) is 1. The largest absolute Gasteiger partial charge is 0.508 e. The van der Waals surface area contributed by atoms with Gasteiger partial charge in [0, 0.05) is 29.8 Å².